The molecule has 5 rings (SSSR count). The number of H-pyrrole nitrogens is 1. The molecule has 0 fully saturated rings. The molecule has 168 valence electrons. The topological polar surface area (TPSA) is 74.7 Å². The lowest BCUT2D eigenvalue weighted by Gasteiger charge is -2.19. The quantitative estimate of drug-likeness (QED) is 0.376. The summed E-state index contributed by atoms with van der Waals surface area (Å²) in [5, 5.41) is 1.64. The van der Waals surface area contributed by atoms with Gasteiger partial charge in [0.1, 0.15) is 0 Å². The molecule has 34 heavy (non-hydrogen) atoms. The summed E-state index contributed by atoms with van der Waals surface area (Å²) in [4.78, 5) is 38.3. The second-order valence-corrected chi connectivity index (χ2v) is 9.46. The second-order valence-electron chi connectivity index (χ2n) is 8.04. The average Bonchev–Trinajstić information content (AvgIpc) is 2.83. The van der Waals surface area contributed by atoms with Crippen LogP contribution in [0.1, 0.15) is 12.5 Å². The zero-order valence-corrected chi connectivity index (χ0v) is 19.9. The molecule has 4 aromatic rings. The number of carbonyl (C=O) groups is 1. The number of benzene rings is 3. The number of carbonyl (C=O) groups excluding carboxylic acids is 1. The van der Waals surface area contributed by atoms with Gasteiger partial charge in [0.2, 0.25) is 0 Å². The zero-order valence-electron chi connectivity index (χ0n) is 18.3. The molecule has 1 aromatic heterocycles. The van der Waals surface area contributed by atoms with Crippen LogP contribution in [0.4, 0.5) is 0 Å². The van der Waals surface area contributed by atoms with Crippen molar-refractivity contribution in [2.45, 2.75) is 18.2 Å². The van der Waals surface area contributed by atoms with Gasteiger partial charge in [0.15, 0.2) is 5.17 Å². The fourth-order valence-electron chi connectivity index (χ4n) is 4.06. The van der Waals surface area contributed by atoms with Gasteiger partial charge < -0.3 is 4.98 Å². The lowest BCUT2D eigenvalue weighted by molar-refractivity contribution is -0.119. The van der Waals surface area contributed by atoms with Crippen LogP contribution in [0.15, 0.2) is 98.5 Å². The lowest BCUT2D eigenvalue weighted by Crippen LogP contribution is -2.28. The third kappa shape index (κ3) is 4.47. The molecule has 1 aliphatic rings. The molecule has 0 saturated heterocycles. The molecule has 0 aliphatic carbocycles. The van der Waals surface area contributed by atoms with Gasteiger partial charge in [-0.05, 0) is 54.4 Å². The Bertz CT molecular complexity index is 1510. The van der Waals surface area contributed by atoms with Crippen LogP contribution >= 0.6 is 23.4 Å². The van der Waals surface area contributed by atoms with Crippen molar-refractivity contribution in [2.75, 3.05) is 0 Å². The highest BCUT2D eigenvalue weighted by molar-refractivity contribution is 8.14. The molecule has 3 aromatic carbocycles. The van der Waals surface area contributed by atoms with Gasteiger partial charge in [0.25, 0.3) is 11.5 Å². The minimum Gasteiger partial charge on any atom is -0.321 e. The Kier molecular flexibility index (Phi) is 6.18. The van der Waals surface area contributed by atoms with E-state index in [9.17, 15) is 9.59 Å². The molecule has 0 spiro atoms. The Morgan fingerprint density at radius 2 is 1.65 bits per heavy atom. The maximum Gasteiger partial charge on any atom is 0.263 e. The highest BCUT2D eigenvalue weighted by Gasteiger charge is 2.28. The average molecular weight is 486 g/mol. The van der Waals surface area contributed by atoms with Crippen LogP contribution in [0, 0.1) is 5.92 Å². The van der Waals surface area contributed by atoms with Gasteiger partial charge in [-0.15, -0.1) is 0 Å². The van der Waals surface area contributed by atoms with Gasteiger partial charge in [-0.2, -0.15) is 4.99 Å². The highest BCUT2D eigenvalue weighted by atomic mass is 35.5. The van der Waals surface area contributed by atoms with Crippen molar-refractivity contribution < 1.29 is 4.79 Å². The standard InChI is InChI=1S/C27H20ClN3O2S/c1-16-20(14-17-8-4-2-5-9-17)25(32)31-27(29-16)34-24-23(18-10-6-3-7-11-18)21-15-19(28)12-13-22(21)30-26(24)33/h2-13,15,20H,14H2,1H3,(H,30,33)/t20-/m1/s1. The van der Waals surface area contributed by atoms with Crippen LogP contribution in [-0.4, -0.2) is 21.8 Å². The summed E-state index contributed by atoms with van der Waals surface area (Å²) in [5.74, 6) is -0.658. The molecule has 1 atom stereocenters. The predicted molar refractivity (Wildman–Crippen MR) is 140 cm³/mol. The summed E-state index contributed by atoms with van der Waals surface area (Å²) in [7, 11) is 0. The fourth-order valence-corrected chi connectivity index (χ4v) is 5.22. The number of halogens is 1. The number of pyridine rings is 1. The minimum absolute atomic E-state index is 0.250. The van der Waals surface area contributed by atoms with Gasteiger partial charge in [0.05, 0.1) is 10.8 Å². The van der Waals surface area contributed by atoms with Gasteiger partial charge in [0, 0.05) is 27.2 Å². The number of amides is 1. The van der Waals surface area contributed by atoms with E-state index in [4.69, 9.17) is 11.6 Å². The zero-order chi connectivity index (χ0) is 23.7. The Morgan fingerprint density at radius 1 is 0.941 bits per heavy atom. The number of hydrogen-bond donors (Lipinski definition) is 1. The van der Waals surface area contributed by atoms with Gasteiger partial charge >= 0.3 is 0 Å². The molecule has 0 bridgehead atoms. The van der Waals surface area contributed by atoms with Crippen LogP contribution in [0.5, 0.6) is 0 Å². The van der Waals surface area contributed by atoms with Crippen molar-refractivity contribution in [3.05, 3.63) is 99.8 Å². The largest absolute Gasteiger partial charge is 0.321 e. The first-order valence-electron chi connectivity index (χ1n) is 10.8. The van der Waals surface area contributed by atoms with Gasteiger partial charge in [-0.25, -0.2) is 4.99 Å². The summed E-state index contributed by atoms with van der Waals surface area (Å²) in [6.07, 6.45) is 0.542. The fraction of sp³-hybridized carbons (Fsp3) is 0.111. The van der Waals surface area contributed by atoms with Crippen molar-refractivity contribution in [3.63, 3.8) is 0 Å². The number of aromatic nitrogens is 1. The van der Waals surface area contributed by atoms with E-state index < -0.39 is 5.92 Å². The number of amidine groups is 1. The summed E-state index contributed by atoms with van der Waals surface area (Å²) in [6.45, 7) is 1.84. The number of nitrogens with one attached hydrogen (secondary N) is 1. The summed E-state index contributed by atoms with van der Waals surface area (Å²) in [5.41, 5.74) is 3.76. The normalized spacial score (nSPS) is 15.8. The number of hydrogen-bond acceptors (Lipinski definition) is 4. The molecule has 0 radical (unpaired) electrons. The van der Waals surface area contributed by atoms with E-state index in [1.807, 2.05) is 73.7 Å². The summed E-state index contributed by atoms with van der Waals surface area (Å²) >= 11 is 7.40. The number of rotatable bonds is 4. The van der Waals surface area contributed by atoms with E-state index in [0.29, 0.717) is 27.6 Å². The van der Waals surface area contributed by atoms with E-state index in [1.54, 1.807) is 12.1 Å². The maximum atomic E-state index is 13.2. The van der Waals surface area contributed by atoms with Crippen molar-refractivity contribution >= 4 is 51.1 Å². The third-order valence-electron chi connectivity index (χ3n) is 5.75. The molecular formula is C27H20ClN3O2S. The smallest absolute Gasteiger partial charge is 0.263 e. The number of thioether (sulfide) groups is 1. The van der Waals surface area contributed by atoms with Crippen LogP contribution in [0.3, 0.4) is 0 Å². The van der Waals surface area contributed by atoms with Crippen LogP contribution in [0.2, 0.25) is 5.02 Å². The number of nitrogens with zero attached hydrogens (tertiary/aromatic N) is 2. The molecule has 7 heteroatoms. The molecule has 0 saturated carbocycles. The number of aliphatic imine (C=N–C) groups is 2. The number of fused-ring (bicyclic) bond motifs is 1. The Labute approximate surface area is 205 Å². The molecular weight excluding hydrogens is 466 g/mol. The van der Waals surface area contributed by atoms with Crippen molar-refractivity contribution in [3.8, 4) is 11.1 Å². The molecule has 1 N–H and O–H groups in total. The third-order valence-corrected chi connectivity index (χ3v) is 6.95. The van der Waals surface area contributed by atoms with Crippen molar-refractivity contribution in [1.82, 2.24) is 4.98 Å². The first kappa shape index (κ1) is 22.3. The van der Waals surface area contributed by atoms with E-state index >= 15 is 0 Å². The van der Waals surface area contributed by atoms with Gasteiger partial charge in [-0.1, -0.05) is 72.3 Å². The molecule has 1 amide bonds. The predicted octanol–water partition coefficient (Wildman–Crippen LogP) is 6.16. The Hall–Kier alpha value is -3.48. The van der Waals surface area contributed by atoms with Crippen LogP contribution < -0.4 is 5.56 Å². The van der Waals surface area contributed by atoms with E-state index in [0.717, 1.165) is 33.8 Å². The first-order chi connectivity index (χ1) is 16.5. The van der Waals surface area contributed by atoms with Gasteiger partial charge in [-0.3, -0.25) is 9.59 Å². The highest BCUT2D eigenvalue weighted by Crippen LogP contribution is 2.37. The Balaban J connectivity index is 1.56. The lowest BCUT2D eigenvalue weighted by atomic mass is 9.94. The van der Waals surface area contributed by atoms with Crippen molar-refractivity contribution in [2.24, 2.45) is 15.9 Å². The number of aromatic amines is 1. The minimum atomic E-state index is -0.408. The van der Waals surface area contributed by atoms with E-state index in [-0.39, 0.29) is 16.6 Å². The van der Waals surface area contributed by atoms with E-state index in [1.165, 1.54) is 0 Å². The molecule has 1 aliphatic heterocycles. The first-order valence-corrected chi connectivity index (χ1v) is 12.0. The maximum absolute atomic E-state index is 13.2. The van der Waals surface area contributed by atoms with Crippen LogP contribution in [-0.2, 0) is 11.2 Å². The Morgan fingerprint density at radius 3 is 2.35 bits per heavy atom. The SMILES string of the molecule is CC1=NC(Sc2c(-c3ccccc3)c3cc(Cl)ccc3[nH]c2=O)=NC(=O)[C@@H]1Cc1ccccc1. The van der Waals surface area contributed by atoms with Crippen LogP contribution in [0.25, 0.3) is 22.0 Å². The summed E-state index contributed by atoms with van der Waals surface area (Å²) < 4.78 is 0. The van der Waals surface area contributed by atoms with E-state index in [2.05, 4.69) is 15.0 Å². The monoisotopic (exact) mass is 485 g/mol. The second kappa shape index (κ2) is 9.41. The molecule has 5 nitrogen and oxygen atoms in total. The molecule has 0 unspecified atom stereocenters. The van der Waals surface area contributed by atoms with Crippen molar-refractivity contribution in [1.29, 1.82) is 0 Å². The summed E-state index contributed by atoms with van der Waals surface area (Å²) in [6, 6.07) is 24.8. The molecule has 2 heterocycles.